The average molecular weight is 359 g/mol. The SMILES string of the molecule is CC(Sc1nnc(-c2ccccc2)n1-c1ccc(Cl)cc1)C(N)=O. The molecule has 24 heavy (non-hydrogen) atoms. The normalized spacial score (nSPS) is 12.1. The number of amides is 1. The first-order chi connectivity index (χ1) is 11.6. The van der Waals surface area contributed by atoms with E-state index >= 15 is 0 Å². The first kappa shape index (κ1) is 16.5. The molecule has 2 N–H and O–H groups in total. The van der Waals surface area contributed by atoms with Gasteiger partial charge in [-0.3, -0.25) is 9.36 Å². The molecule has 0 fully saturated rings. The molecule has 0 spiro atoms. The smallest absolute Gasteiger partial charge is 0.230 e. The van der Waals surface area contributed by atoms with Crippen LogP contribution in [0.15, 0.2) is 59.8 Å². The van der Waals surface area contributed by atoms with Gasteiger partial charge in [-0.05, 0) is 31.2 Å². The number of nitrogens with zero attached hydrogens (tertiary/aromatic N) is 3. The van der Waals surface area contributed by atoms with E-state index in [0.717, 1.165) is 11.3 Å². The molecule has 3 rings (SSSR count). The minimum absolute atomic E-state index is 0.396. The van der Waals surface area contributed by atoms with Crippen LogP contribution in [0.5, 0.6) is 0 Å². The molecule has 1 heterocycles. The van der Waals surface area contributed by atoms with Crippen molar-refractivity contribution in [1.29, 1.82) is 0 Å². The number of halogens is 1. The summed E-state index contributed by atoms with van der Waals surface area (Å²) in [7, 11) is 0. The molecule has 122 valence electrons. The third-order valence-electron chi connectivity index (χ3n) is 3.43. The van der Waals surface area contributed by atoms with Crippen molar-refractivity contribution in [3.63, 3.8) is 0 Å². The van der Waals surface area contributed by atoms with E-state index in [4.69, 9.17) is 17.3 Å². The quantitative estimate of drug-likeness (QED) is 0.708. The topological polar surface area (TPSA) is 73.8 Å². The van der Waals surface area contributed by atoms with E-state index in [0.29, 0.717) is 16.0 Å². The molecule has 0 bridgehead atoms. The fourth-order valence-corrected chi connectivity index (χ4v) is 3.10. The molecule has 5 nitrogen and oxygen atoms in total. The molecule has 0 radical (unpaired) electrons. The van der Waals surface area contributed by atoms with Crippen molar-refractivity contribution in [2.24, 2.45) is 5.73 Å². The maximum atomic E-state index is 11.4. The van der Waals surface area contributed by atoms with E-state index in [-0.39, 0.29) is 0 Å². The maximum absolute atomic E-state index is 11.4. The molecule has 0 aliphatic rings. The number of primary amides is 1. The molecule has 0 saturated heterocycles. The number of aromatic nitrogens is 3. The number of hydrogen-bond donors (Lipinski definition) is 1. The second-order valence-corrected chi connectivity index (χ2v) is 6.89. The van der Waals surface area contributed by atoms with Gasteiger partial charge in [0.15, 0.2) is 11.0 Å². The van der Waals surface area contributed by atoms with E-state index in [1.807, 2.05) is 47.0 Å². The van der Waals surface area contributed by atoms with Gasteiger partial charge in [0.1, 0.15) is 0 Å². The van der Waals surface area contributed by atoms with Gasteiger partial charge in [-0.15, -0.1) is 10.2 Å². The van der Waals surface area contributed by atoms with Crippen molar-refractivity contribution in [3.05, 3.63) is 59.6 Å². The summed E-state index contributed by atoms with van der Waals surface area (Å²) in [4.78, 5) is 11.4. The zero-order valence-corrected chi connectivity index (χ0v) is 14.5. The van der Waals surface area contributed by atoms with Gasteiger partial charge >= 0.3 is 0 Å². The van der Waals surface area contributed by atoms with Gasteiger partial charge < -0.3 is 5.73 Å². The van der Waals surface area contributed by atoms with E-state index in [1.54, 1.807) is 19.1 Å². The van der Waals surface area contributed by atoms with Crippen LogP contribution in [0.2, 0.25) is 5.02 Å². The van der Waals surface area contributed by atoms with Crippen molar-refractivity contribution in [3.8, 4) is 17.1 Å². The van der Waals surface area contributed by atoms with Gasteiger partial charge in [0, 0.05) is 16.3 Å². The van der Waals surface area contributed by atoms with Crippen molar-refractivity contribution in [2.45, 2.75) is 17.3 Å². The summed E-state index contributed by atoms with van der Waals surface area (Å²) in [5.41, 5.74) is 7.17. The standard InChI is InChI=1S/C17H15ClN4OS/c1-11(15(19)23)24-17-21-20-16(12-5-3-2-4-6-12)22(17)14-9-7-13(18)8-10-14/h2-11H,1H3,(H2,19,23). The lowest BCUT2D eigenvalue weighted by molar-refractivity contribution is -0.117. The summed E-state index contributed by atoms with van der Waals surface area (Å²) >= 11 is 7.26. The van der Waals surface area contributed by atoms with E-state index < -0.39 is 11.2 Å². The van der Waals surface area contributed by atoms with Crippen LogP contribution in [-0.4, -0.2) is 25.9 Å². The molecule has 3 aromatic rings. The zero-order valence-electron chi connectivity index (χ0n) is 12.9. The van der Waals surface area contributed by atoms with Gasteiger partial charge in [-0.25, -0.2) is 0 Å². The second kappa shape index (κ2) is 7.07. The largest absolute Gasteiger partial charge is 0.369 e. The number of carbonyl (C=O) groups excluding carboxylic acids is 1. The van der Waals surface area contributed by atoms with Gasteiger partial charge in [0.25, 0.3) is 0 Å². The monoisotopic (exact) mass is 358 g/mol. The highest BCUT2D eigenvalue weighted by atomic mass is 35.5. The van der Waals surface area contributed by atoms with Crippen molar-refractivity contribution < 1.29 is 4.79 Å². The minimum atomic E-state index is -0.413. The van der Waals surface area contributed by atoms with Gasteiger partial charge in [-0.2, -0.15) is 0 Å². The predicted molar refractivity (Wildman–Crippen MR) is 96.3 cm³/mol. The zero-order chi connectivity index (χ0) is 17.1. The van der Waals surface area contributed by atoms with Crippen LogP contribution in [0.4, 0.5) is 0 Å². The van der Waals surface area contributed by atoms with Crippen molar-refractivity contribution >= 4 is 29.3 Å². The first-order valence-electron chi connectivity index (χ1n) is 7.29. The molecule has 2 aromatic carbocycles. The Labute approximate surface area is 148 Å². The Balaban J connectivity index is 2.12. The predicted octanol–water partition coefficient (Wildman–Crippen LogP) is 3.55. The van der Waals surface area contributed by atoms with E-state index in [2.05, 4.69) is 10.2 Å². The Bertz CT molecular complexity index is 849. The van der Waals surface area contributed by atoms with Crippen LogP contribution in [0.25, 0.3) is 17.1 Å². The summed E-state index contributed by atoms with van der Waals surface area (Å²) in [6.45, 7) is 1.75. The second-order valence-electron chi connectivity index (χ2n) is 5.15. The summed E-state index contributed by atoms with van der Waals surface area (Å²) in [6.07, 6.45) is 0. The molecule has 7 heteroatoms. The highest BCUT2D eigenvalue weighted by molar-refractivity contribution is 8.00. The van der Waals surface area contributed by atoms with Gasteiger partial charge in [0.05, 0.1) is 5.25 Å². The van der Waals surface area contributed by atoms with Crippen LogP contribution < -0.4 is 5.73 Å². The summed E-state index contributed by atoms with van der Waals surface area (Å²) in [5, 5.41) is 9.39. The molecular weight excluding hydrogens is 344 g/mol. The van der Waals surface area contributed by atoms with Crippen molar-refractivity contribution in [1.82, 2.24) is 14.8 Å². The van der Waals surface area contributed by atoms with Gasteiger partial charge in [0.2, 0.25) is 5.91 Å². The molecule has 0 saturated carbocycles. The molecule has 1 amide bonds. The number of carbonyl (C=O) groups is 1. The Morgan fingerprint density at radius 2 is 1.79 bits per heavy atom. The summed E-state index contributed by atoms with van der Waals surface area (Å²) in [6, 6.07) is 17.1. The van der Waals surface area contributed by atoms with Gasteiger partial charge in [-0.1, -0.05) is 53.7 Å². The molecule has 1 aromatic heterocycles. The van der Waals surface area contributed by atoms with E-state index in [1.165, 1.54) is 11.8 Å². The minimum Gasteiger partial charge on any atom is -0.369 e. The van der Waals surface area contributed by atoms with E-state index in [9.17, 15) is 4.79 Å². The number of nitrogens with two attached hydrogens (primary N) is 1. The number of hydrogen-bond acceptors (Lipinski definition) is 4. The van der Waals surface area contributed by atoms with Crippen LogP contribution in [0, 0.1) is 0 Å². The Hall–Kier alpha value is -2.31. The first-order valence-corrected chi connectivity index (χ1v) is 8.55. The Morgan fingerprint density at radius 3 is 2.42 bits per heavy atom. The third-order valence-corrected chi connectivity index (χ3v) is 4.75. The third kappa shape index (κ3) is 3.44. The molecule has 0 aliphatic carbocycles. The number of thioether (sulfide) groups is 1. The lowest BCUT2D eigenvalue weighted by Gasteiger charge is -2.12. The Kier molecular flexibility index (Phi) is 4.87. The molecular formula is C17H15ClN4OS. The van der Waals surface area contributed by atoms with Crippen molar-refractivity contribution in [2.75, 3.05) is 0 Å². The van der Waals surface area contributed by atoms with Crippen LogP contribution in [-0.2, 0) is 4.79 Å². The average Bonchev–Trinajstić information content (AvgIpc) is 3.00. The van der Waals surface area contributed by atoms with Crippen LogP contribution >= 0.6 is 23.4 Å². The fraction of sp³-hybridized carbons (Fsp3) is 0.118. The van der Waals surface area contributed by atoms with Crippen LogP contribution in [0.3, 0.4) is 0 Å². The lowest BCUT2D eigenvalue weighted by atomic mass is 10.2. The molecule has 1 atom stereocenters. The van der Waals surface area contributed by atoms with Crippen LogP contribution in [0.1, 0.15) is 6.92 Å². The highest BCUT2D eigenvalue weighted by Crippen LogP contribution is 2.30. The Morgan fingerprint density at radius 1 is 1.12 bits per heavy atom. The lowest BCUT2D eigenvalue weighted by Crippen LogP contribution is -2.23. The highest BCUT2D eigenvalue weighted by Gasteiger charge is 2.20. The number of benzene rings is 2. The number of rotatable bonds is 5. The maximum Gasteiger partial charge on any atom is 0.230 e. The molecule has 1 unspecified atom stereocenters. The summed E-state index contributed by atoms with van der Waals surface area (Å²) < 4.78 is 1.90. The fourth-order valence-electron chi connectivity index (χ4n) is 2.16. The summed E-state index contributed by atoms with van der Waals surface area (Å²) in [5.74, 6) is 0.295. The molecule has 0 aliphatic heterocycles.